The largest absolute Gasteiger partial charge is 0.449 e. The molecule has 2 amide bonds. The highest BCUT2D eigenvalue weighted by Gasteiger charge is 2.32. The van der Waals surface area contributed by atoms with Gasteiger partial charge in [-0.05, 0) is 56.2 Å². The van der Waals surface area contributed by atoms with Gasteiger partial charge in [-0.3, -0.25) is 9.78 Å². The van der Waals surface area contributed by atoms with Crippen molar-refractivity contribution in [3.63, 3.8) is 0 Å². The molecule has 31 heavy (non-hydrogen) atoms. The van der Waals surface area contributed by atoms with E-state index in [0.29, 0.717) is 31.8 Å². The highest BCUT2D eigenvalue weighted by Crippen LogP contribution is 2.33. The summed E-state index contributed by atoms with van der Waals surface area (Å²) in [5.41, 5.74) is 3.63. The summed E-state index contributed by atoms with van der Waals surface area (Å²) in [6.45, 7) is 5.91. The predicted molar refractivity (Wildman–Crippen MR) is 122 cm³/mol. The molecule has 0 bridgehead atoms. The quantitative estimate of drug-likeness (QED) is 0.677. The van der Waals surface area contributed by atoms with Crippen LogP contribution in [-0.2, 0) is 17.6 Å². The summed E-state index contributed by atoms with van der Waals surface area (Å²) in [5, 5.41) is 1.69. The molecule has 0 spiro atoms. The average Bonchev–Trinajstić information content (AvgIpc) is 2.81. The number of rotatable bonds is 4. The summed E-state index contributed by atoms with van der Waals surface area (Å²) < 4.78 is 5.27. The van der Waals surface area contributed by atoms with Crippen molar-refractivity contribution in [1.82, 2.24) is 14.8 Å². The van der Waals surface area contributed by atoms with E-state index in [-0.39, 0.29) is 18.0 Å². The Hall–Kier alpha value is -2.34. The Labute approximate surface area is 188 Å². The molecule has 1 aliphatic heterocycles. The van der Waals surface area contributed by atoms with Crippen molar-refractivity contribution in [2.45, 2.75) is 58.4 Å². The van der Waals surface area contributed by atoms with Gasteiger partial charge in [0.05, 0.1) is 17.1 Å². The number of fused-ring (bicyclic) bond motifs is 2. The number of carbonyl (C=O) groups is 2. The van der Waals surface area contributed by atoms with E-state index in [1.165, 1.54) is 0 Å². The number of pyridine rings is 1. The Balaban J connectivity index is 1.55. The summed E-state index contributed by atoms with van der Waals surface area (Å²) in [6, 6.07) is 5.60. The maximum atomic E-state index is 13.4. The summed E-state index contributed by atoms with van der Waals surface area (Å²) in [4.78, 5) is 34.0. The van der Waals surface area contributed by atoms with E-state index in [4.69, 9.17) is 21.3 Å². The molecule has 1 saturated heterocycles. The van der Waals surface area contributed by atoms with Gasteiger partial charge in [0.1, 0.15) is 0 Å². The maximum Gasteiger partial charge on any atom is 0.409 e. The van der Waals surface area contributed by atoms with Crippen LogP contribution in [0.1, 0.15) is 61.1 Å². The normalized spacial score (nSPS) is 18.7. The van der Waals surface area contributed by atoms with Crippen LogP contribution in [0.15, 0.2) is 18.2 Å². The number of ether oxygens (including phenoxy) is 1. The van der Waals surface area contributed by atoms with Crippen LogP contribution in [0.3, 0.4) is 0 Å². The average molecular weight is 444 g/mol. The SMILES string of the molecule is CCCOC(=O)N1CCN(C(=O)c2ccc3c(Cl)c4c(nc3c2)CCCC4)C(CC)C1. The zero-order valence-electron chi connectivity index (χ0n) is 18.3. The lowest BCUT2D eigenvalue weighted by Crippen LogP contribution is -2.56. The molecule has 166 valence electrons. The summed E-state index contributed by atoms with van der Waals surface area (Å²) in [7, 11) is 0. The number of benzene rings is 1. The summed E-state index contributed by atoms with van der Waals surface area (Å²) in [6.07, 6.45) is 5.47. The number of nitrogens with zero attached hydrogens (tertiary/aromatic N) is 3. The molecule has 7 heteroatoms. The van der Waals surface area contributed by atoms with Crippen molar-refractivity contribution in [2.24, 2.45) is 0 Å². The molecule has 1 aromatic heterocycles. The third-order valence-electron chi connectivity index (χ3n) is 6.34. The lowest BCUT2D eigenvalue weighted by atomic mass is 9.94. The van der Waals surface area contributed by atoms with Gasteiger partial charge < -0.3 is 14.5 Å². The first kappa shape index (κ1) is 21.9. The van der Waals surface area contributed by atoms with E-state index in [1.807, 2.05) is 36.9 Å². The fourth-order valence-corrected chi connectivity index (χ4v) is 4.95. The van der Waals surface area contributed by atoms with Crippen LogP contribution < -0.4 is 0 Å². The second-order valence-electron chi connectivity index (χ2n) is 8.41. The van der Waals surface area contributed by atoms with Gasteiger partial charge in [0, 0.05) is 42.3 Å². The van der Waals surface area contributed by atoms with Crippen molar-refractivity contribution >= 4 is 34.5 Å². The third kappa shape index (κ3) is 4.36. The Morgan fingerprint density at radius 3 is 2.77 bits per heavy atom. The van der Waals surface area contributed by atoms with Gasteiger partial charge in [0.25, 0.3) is 5.91 Å². The molecule has 1 fully saturated rings. The van der Waals surface area contributed by atoms with E-state index in [1.54, 1.807) is 4.90 Å². The fourth-order valence-electron chi connectivity index (χ4n) is 4.58. The van der Waals surface area contributed by atoms with Gasteiger partial charge in [-0.25, -0.2) is 4.79 Å². The molecule has 2 heterocycles. The van der Waals surface area contributed by atoms with Crippen molar-refractivity contribution in [2.75, 3.05) is 26.2 Å². The maximum absolute atomic E-state index is 13.4. The number of carbonyl (C=O) groups excluding carboxylic acids is 2. The fraction of sp³-hybridized carbons (Fsp3) is 0.542. The predicted octanol–water partition coefficient (Wildman–Crippen LogP) is 4.85. The van der Waals surface area contributed by atoms with Gasteiger partial charge in [0.2, 0.25) is 0 Å². The first-order valence-electron chi connectivity index (χ1n) is 11.4. The molecule has 0 saturated carbocycles. The third-order valence-corrected chi connectivity index (χ3v) is 6.77. The van der Waals surface area contributed by atoms with Crippen LogP contribution in [-0.4, -0.2) is 59.1 Å². The van der Waals surface area contributed by atoms with Crippen molar-refractivity contribution in [3.05, 3.63) is 40.0 Å². The van der Waals surface area contributed by atoms with Gasteiger partial charge >= 0.3 is 6.09 Å². The molecule has 1 atom stereocenters. The standard InChI is InChI=1S/C24H30ClN3O3/c1-3-13-31-24(30)27-11-12-28(17(4-2)15-27)23(29)16-9-10-19-21(14-16)26-20-8-6-5-7-18(20)22(19)25/h9-10,14,17H,3-8,11-13,15H2,1-2H3. The van der Waals surface area contributed by atoms with Crippen LogP contribution in [0.25, 0.3) is 10.9 Å². The number of piperazine rings is 1. The van der Waals surface area contributed by atoms with Crippen LogP contribution >= 0.6 is 11.6 Å². The minimum atomic E-state index is -0.290. The highest BCUT2D eigenvalue weighted by molar-refractivity contribution is 6.36. The lowest BCUT2D eigenvalue weighted by molar-refractivity contribution is 0.0373. The van der Waals surface area contributed by atoms with Gasteiger partial charge in [-0.1, -0.05) is 31.5 Å². The van der Waals surface area contributed by atoms with Gasteiger partial charge in [-0.2, -0.15) is 0 Å². The van der Waals surface area contributed by atoms with Crippen LogP contribution in [0.5, 0.6) is 0 Å². The summed E-state index contributed by atoms with van der Waals surface area (Å²) >= 11 is 6.68. The molecule has 0 N–H and O–H groups in total. The number of amides is 2. The Morgan fingerprint density at radius 2 is 2.00 bits per heavy atom. The van der Waals surface area contributed by atoms with E-state index < -0.39 is 0 Å². The minimum absolute atomic E-state index is 0.0223. The lowest BCUT2D eigenvalue weighted by Gasteiger charge is -2.40. The zero-order chi connectivity index (χ0) is 22.0. The number of hydrogen-bond donors (Lipinski definition) is 0. The molecule has 1 aromatic carbocycles. The second kappa shape index (κ2) is 9.43. The topological polar surface area (TPSA) is 62.7 Å². The molecule has 4 rings (SSSR count). The van der Waals surface area contributed by atoms with E-state index in [0.717, 1.165) is 65.7 Å². The van der Waals surface area contributed by atoms with Gasteiger partial charge in [0.15, 0.2) is 0 Å². The van der Waals surface area contributed by atoms with Crippen molar-refractivity contribution in [1.29, 1.82) is 0 Å². The highest BCUT2D eigenvalue weighted by atomic mass is 35.5. The number of aromatic nitrogens is 1. The van der Waals surface area contributed by atoms with Crippen LogP contribution in [0, 0.1) is 0 Å². The van der Waals surface area contributed by atoms with Crippen molar-refractivity contribution in [3.8, 4) is 0 Å². The molecule has 2 aromatic rings. The molecule has 1 aliphatic carbocycles. The Bertz CT molecular complexity index is 994. The van der Waals surface area contributed by atoms with Gasteiger partial charge in [-0.15, -0.1) is 0 Å². The molecule has 2 aliphatic rings. The summed E-state index contributed by atoms with van der Waals surface area (Å²) in [5.74, 6) is -0.0223. The van der Waals surface area contributed by atoms with E-state index >= 15 is 0 Å². The second-order valence-corrected chi connectivity index (χ2v) is 8.79. The smallest absolute Gasteiger partial charge is 0.409 e. The van der Waals surface area contributed by atoms with E-state index in [2.05, 4.69) is 0 Å². The van der Waals surface area contributed by atoms with Crippen molar-refractivity contribution < 1.29 is 14.3 Å². The molecular weight excluding hydrogens is 414 g/mol. The number of hydrogen-bond acceptors (Lipinski definition) is 4. The first-order valence-corrected chi connectivity index (χ1v) is 11.7. The number of aryl methyl sites for hydroxylation is 1. The monoisotopic (exact) mass is 443 g/mol. The van der Waals surface area contributed by atoms with E-state index in [9.17, 15) is 9.59 Å². The minimum Gasteiger partial charge on any atom is -0.449 e. The molecule has 0 radical (unpaired) electrons. The van der Waals surface area contributed by atoms with Crippen LogP contribution in [0.2, 0.25) is 5.02 Å². The number of halogens is 1. The molecular formula is C24H30ClN3O3. The first-order chi connectivity index (χ1) is 15.0. The molecule has 6 nitrogen and oxygen atoms in total. The zero-order valence-corrected chi connectivity index (χ0v) is 19.1. The Kier molecular flexibility index (Phi) is 6.65. The molecule has 1 unspecified atom stereocenters. The van der Waals surface area contributed by atoms with Crippen LogP contribution in [0.4, 0.5) is 4.79 Å². The Morgan fingerprint density at radius 1 is 1.19 bits per heavy atom.